The fourth-order valence-corrected chi connectivity index (χ4v) is 5.80. The summed E-state index contributed by atoms with van der Waals surface area (Å²) in [5, 5.41) is 13.2. The van der Waals surface area contributed by atoms with Gasteiger partial charge in [-0.2, -0.15) is 4.98 Å². The Balaban J connectivity index is 1.52. The van der Waals surface area contributed by atoms with Crippen LogP contribution in [-0.2, 0) is 10.5 Å². The van der Waals surface area contributed by atoms with Crippen LogP contribution in [0.2, 0.25) is 15.1 Å². The SMILES string of the molecule is CC1=C(C(=O)Nc2ccc(C)cc2C)C(c2ccc(Cl)c(Cl)c2)n2nc(SCc3ccccc3Cl)nc2N1. The Labute approximate surface area is 240 Å². The van der Waals surface area contributed by atoms with E-state index in [2.05, 4.69) is 10.6 Å². The molecule has 0 radical (unpaired) electrons. The van der Waals surface area contributed by atoms with E-state index in [0.29, 0.717) is 43.2 Å². The van der Waals surface area contributed by atoms with Gasteiger partial charge in [0.2, 0.25) is 11.1 Å². The number of nitrogens with zero attached hydrogens (tertiary/aromatic N) is 3. The predicted octanol–water partition coefficient (Wildman–Crippen LogP) is 8.08. The van der Waals surface area contributed by atoms with Crippen molar-refractivity contribution in [3.8, 4) is 0 Å². The van der Waals surface area contributed by atoms with Crippen LogP contribution in [0.25, 0.3) is 0 Å². The van der Waals surface area contributed by atoms with Crippen LogP contribution in [-0.4, -0.2) is 20.7 Å². The predicted molar refractivity (Wildman–Crippen MR) is 157 cm³/mol. The van der Waals surface area contributed by atoms with Crippen molar-refractivity contribution in [2.45, 2.75) is 37.7 Å². The van der Waals surface area contributed by atoms with E-state index in [1.807, 2.05) is 69.3 Å². The number of hydrogen-bond acceptors (Lipinski definition) is 5. The number of rotatable bonds is 6. The summed E-state index contributed by atoms with van der Waals surface area (Å²) in [6.07, 6.45) is 0. The fraction of sp³-hybridized carbons (Fsp3) is 0.179. The summed E-state index contributed by atoms with van der Waals surface area (Å²) >= 11 is 20.4. The molecule has 1 amide bonds. The molecule has 38 heavy (non-hydrogen) atoms. The van der Waals surface area contributed by atoms with Gasteiger partial charge in [-0.3, -0.25) is 4.79 Å². The molecular formula is C28H24Cl3N5OS. The Hall–Kier alpha value is -2.97. The largest absolute Gasteiger partial charge is 0.328 e. The highest BCUT2D eigenvalue weighted by Gasteiger charge is 2.35. The quantitative estimate of drug-likeness (QED) is 0.224. The summed E-state index contributed by atoms with van der Waals surface area (Å²) in [7, 11) is 0. The van der Waals surface area contributed by atoms with E-state index in [-0.39, 0.29) is 5.91 Å². The van der Waals surface area contributed by atoms with Gasteiger partial charge in [-0.05, 0) is 61.7 Å². The highest BCUT2D eigenvalue weighted by atomic mass is 35.5. The summed E-state index contributed by atoms with van der Waals surface area (Å²) in [6, 6.07) is 18.4. The van der Waals surface area contributed by atoms with Gasteiger partial charge >= 0.3 is 0 Å². The van der Waals surface area contributed by atoms with Crippen LogP contribution in [0.3, 0.4) is 0 Å². The Morgan fingerprint density at radius 1 is 1.00 bits per heavy atom. The number of benzene rings is 3. The number of aromatic nitrogens is 3. The van der Waals surface area contributed by atoms with Crippen LogP contribution in [0.1, 0.15) is 35.2 Å². The average molecular weight is 585 g/mol. The zero-order valence-corrected chi connectivity index (χ0v) is 23.9. The number of carbonyl (C=O) groups is 1. The van der Waals surface area contributed by atoms with E-state index < -0.39 is 6.04 Å². The first-order chi connectivity index (χ1) is 18.2. The normalized spacial score (nSPS) is 14.7. The molecule has 1 aliphatic heterocycles. The first-order valence-corrected chi connectivity index (χ1v) is 14.0. The standard InChI is InChI=1S/C28H24Cl3N5OS/c1-15-8-11-23(16(2)12-15)33-26(37)24-17(3)32-27-34-28(38-14-19-6-4-5-7-20(19)29)35-36(27)25(24)18-9-10-21(30)22(31)13-18/h4-13,25H,14H2,1-3H3,(H,33,37)(H,32,34,35). The summed E-state index contributed by atoms with van der Waals surface area (Å²) in [5.74, 6) is 0.889. The van der Waals surface area contributed by atoms with Crippen LogP contribution in [0.15, 0.2) is 77.1 Å². The summed E-state index contributed by atoms with van der Waals surface area (Å²) in [6.45, 7) is 5.85. The van der Waals surface area contributed by atoms with Crippen molar-refractivity contribution in [2.24, 2.45) is 0 Å². The average Bonchev–Trinajstić information content (AvgIpc) is 3.28. The maximum Gasteiger partial charge on any atom is 0.255 e. The van der Waals surface area contributed by atoms with E-state index in [1.165, 1.54) is 11.8 Å². The minimum atomic E-state index is -0.575. The first-order valence-electron chi connectivity index (χ1n) is 11.9. The minimum Gasteiger partial charge on any atom is -0.328 e. The number of halogens is 3. The van der Waals surface area contributed by atoms with Crippen LogP contribution in [0.5, 0.6) is 0 Å². The zero-order valence-electron chi connectivity index (χ0n) is 20.8. The Kier molecular flexibility index (Phi) is 7.73. The lowest BCUT2D eigenvalue weighted by molar-refractivity contribution is -0.113. The highest BCUT2D eigenvalue weighted by Crippen LogP contribution is 2.39. The molecule has 6 nitrogen and oxygen atoms in total. The smallest absolute Gasteiger partial charge is 0.255 e. The van der Waals surface area contributed by atoms with Crippen molar-refractivity contribution >= 4 is 64.1 Å². The molecule has 0 fully saturated rings. The molecule has 1 atom stereocenters. The van der Waals surface area contributed by atoms with E-state index in [1.54, 1.807) is 16.8 Å². The van der Waals surface area contributed by atoms with E-state index in [0.717, 1.165) is 27.9 Å². The molecule has 1 aliphatic rings. The molecule has 5 rings (SSSR count). The van der Waals surface area contributed by atoms with Crippen LogP contribution in [0.4, 0.5) is 11.6 Å². The van der Waals surface area contributed by atoms with Crippen LogP contribution >= 0.6 is 46.6 Å². The van der Waals surface area contributed by atoms with Gasteiger partial charge in [-0.25, -0.2) is 4.68 Å². The monoisotopic (exact) mass is 583 g/mol. The molecule has 0 saturated heterocycles. The van der Waals surface area contributed by atoms with Crippen molar-refractivity contribution in [3.63, 3.8) is 0 Å². The number of carbonyl (C=O) groups excluding carboxylic acids is 1. The molecule has 2 heterocycles. The first kappa shape index (κ1) is 26.6. The lowest BCUT2D eigenvalue weighted by Crippen LogP contribution is -2.31. The second-order valence-corrected chi connectivity index (χ2v) is 11.2. The highest BCUT2D eigenvalue weighted by molar-refractivity contribution is 7.98. The van der Waals surface area contributed by atoms with Gasteiger partial charge in [0.25, 0.3) is 5.91 Å². The molecule has 4 aromatic rings. The Morgan fingerprint density at radius 2 is 1.79 bits per heavy atom. The molecule has 10 heteroatoms. The number of aryl methyl sites for hydroxylation is 2. The molecule has 0 saturated carbocycles. The van der Waals surface area contributed by atoms with Gasteiger partial charge in [0, 0.05) is 22.2 Å². The molecule has 2 N–H and O–H groups in total. The Morgan fingerprint density at radius 3 is 2.53 bits per heavy atom. The van der Waals surface area contributed by atoms with Gasteiger partial charge in [0.15, 0.2) is 0 Å². The summed E-state index contributed by atoms with van der Waals surface area (Å²) in [4.78, 5) is 18.5. The lowest BCUT2D eigenvalue weighted by Gasteiger charge is -2.29. The van der Waals surface area contributed by atoms with Gasteiger partial charge in [0.1, 0.15) is 6.04 Å². The molecule has 0 aliphatic carbocycles. The molecule has 1 aromatic heterocycles. The number of fused-ring (bicyclic) bond motifs is 1. The number of nitrogens with one attached hydrogen (secondary N) is 2. The van der Waals surface area contributed by atoms with Crippen molar-refractivity contribution in [1.82, 2.24) is 14.8 Å². The molecule has 1 unspecified atom stereocenters. The van der Waals surface area contributed by atoms with Gasteiger partial charge in [0.05, 0.1) is 15.6 Å². The van der Waals surface area contributed by atoms with Gasteiger partial charge in [-0.15, -0.1) is 5.10 Å². The van der Waals surface area contributed by atoms with Crippen molar-refractivity contribution < 1.29 is 4.79 Å². The van der Waals surface area contributed by atoms with Crippen molar-refractivity contribution in [1.29, 1.82) is 0 Å². The second-order valence-electron chi connectivity index (χ2n) is 9.05. The minimum absolute atomic E-state index is 0.246. The van der Waals surface area contributed by atoms with E-state index in [4.69, 9.17) is 44.9 Å². The zero-order chi connectivity index (χ0) is 27.0. The summed E-state index contributed by atoms with van der Waals surface area (Å²) in [5.41, 5.74) is 5.77. The number of thioether (sulfide) groups is 1. The van der Waals surface area contributed by atoms with Gasteiger partial charge in [-0.1, -0.05) is 88.5 Å². The number of anilines is 2. The summed E-state index contributed by atoms with van der Waals surface area (Å²) < 4.78 is 1.72. The molecule has 194 valence electrons. The molecule has 0 bridgehead atoms. The third-order valence-electron chi connectivity index (χ3n) is 6.28. The number of allylic oxidation sites excluding steroid dienone is 1. The maximum atomic E-state index is 13.8. The maximum absolute atomic E-state index is 13.8. The topological polar surface area (TPSA) is 71.8 Å². The number of hydrogen-bond donors (Lipinski definition) is 2. The Bertz CT molecular complexity index is 1580. The van der Waals surface area contributed by atoms with Crippen molar-refractivity contribution in [3.05, 3.63) is 109 Å². The number of amides is 1. The third kappa shape index (κ3) is 5.43. The van der Waals surface area contributed by atoms with Crippen LogP contribution < -0.4 is 10.6 Å². The van der Waals surface area contributed by atoms with Crippen molar-refractivity contribution in [2.75, 3.05) is 10.6 Å². The van der Waals surface area contributed by atoms with E-state index in [9.17, 15) is 4.79 Å². The molecule has 3 aromatic carbocycles. The van der Waals surface area contributed by atoms with Crippen LogP contribution in [0, 0.1) is 13.8 Å². The molecule has 0 spiro atoms. The lowest BCUT2D eigenvalue weighted by atomic mass is 9.95. The molecular weight excluding hydrogens is 561 g/mol. The third-order valence-corrected chi connectivity index (χ3v) is 8.28. The fourth-order valence-electron chi connectivity index (χ4n) is 4.38. The van der Waals surface area contributed by atoms with Gasteiger partial charge < -0.3 is 10.6 Å². The second kappa shape index (κ2) is 11.0. The van der Waals surface area contributed by atoms with E-state index >= 15 is 0 Å².